The monoisotopic (exact) mass is 510 g/mol. The molecule has 0 aliphatic rings. The molecule has 0 aliphatic heterocycles. The Morgan fingerprint density at radius 2 is 1.65 bits per heavy atom. The highest BCUT2D eigenvalue weighted by Gasteiger charge is 2.14. The number of nitrogens with zero attached hydrogens (tertiary/aromatic N) is 1. The predicted octanol–water partition coefficient (Wildman–Crippen LogP) is 6.70. The first-order valence-corrected chi connectivity index (χ1v) is 11.9. The number of methoxy groups -OCH3 is 1. The van der Waals surface area contributed by atoms with Crippen LogP contribution >= 0.6 is 11.6 Å². The van der Waals surface area contributed by atoms with Gasteiger partial charge in [-0.05, 0) is 56.9 Å². The number of ether oxygens (including phenoxy) is 2. The van der Waals surface area contributed by atoms with Gasteiger partial charge in [-0.25, -0.2) is 5.43 Å². The highest BCUT2D eigenvalue weighted by atomic mass is 35.5. The predicted molar refractivity (Wildman–Crippen MR) is 147 cm³/mol. The Morgan fingerprint density at radius 1 is 0.946 bits per heavy atom. The Labute approximate surface area is 218 Å². The van der Waals surface area contributed by atoms with E-state index in [0.717, 1.165) is 27.1 Å². The lowest BCUT2D eigenvalue weighted by Gasteiger charge is -2.14. The maximum Gasteiger partial charge on any atom is 0.275 e. The van der Waals surface area contributed by atoms with E-state index in [1.807, 2.05) is 48.5 Å². The summed E-state index contributed by atoms with van der Waals surface area (Å²) in [4.78, 5) is 12.6. The molecule has 0 radical (unpaired) electrons. The Hall–Kier alpha value is -4.55. The normalized spacial score (nSPS) is 11.2. The zero-order valence-electron chi connectivity index (χ0n) is 19.9. The highest BCUT2D eigenvalue weighted by Crippen LogP contribution is 2.37. The minimum absolute atomic E-state index is 0.121. The minimum atomic E-state index is -0.535. The Bertz CT molecular complexity index is 1640. The van der Waals surface area contributed by atoms with E-state index < -0.39 is 5.91 Å². The molecule has 6 nitrogen and oxygen atoms in total. The van der Waals surface area contributed by atoms with E-state index in [0.29, 0.717) is 28.7 Å². The molecule has 5 aromatic rings. The van der Waals surface area contributed by atoms with Crippen molar-refractivity contribution < 1.29 is 19.4 Å². The van der Waals surface area contributed by atoms with Gasteiger partial charge >= 0.3 is 0 Å². The van der Waals surface area contributed by atoms with Crippen LogP contribution in [-0.4, -0.2) is 24.3 Å². The minimum Gasteiger partial charge on any atom is -0.507 e. The number of phenols is 1. The molecule has 5 rings (SSSR count). The summed E-state index contributed by atoms with van der Waals surface area (Å²) in [7, 11) is 1.53. The summed E-state index contributed by atoms with van der Waals surface area (Å²) in [6.07, 6.45) is 1.44. The van der Waals surface area contributed by atoms with Crippen LogP contribution < -0.4 is 14.9 Å². The molecule has 0 unspecified atom stereocenters. The first-order valence-electron chi connectivity index (χ1n) is 11.6. The fourth-order valence-electron chi connectivity index (χ4n) is 4.16. The molecule has 2 N–H and O–H groups in total. The van der Waals surface area contributed by atoms with Gasteiger partial charge in [0.2, 0.25) is 0 Å². The lowest BCUT2D eigenvalue weighted by atomic mass is 10.1. The molecule has 184 valence electrons. The smallest absolute Gasteiger partial charge is 0.275 e. The molecule has 7 heteroatoms. The van der Waals surface area contributed by atoms with Crippen molar-refractivity contribution in [3.63, 3.8) is 0 Å². The van der Waals surface area contributed by atoms with Gasteiger partial charge in [0.25, 0.3) is 5.91 Å². The van der Waals surface area contributed by atoms with Crippen LogP contribution in [0.5, 0.6) is 17.2 Å². The van der Waals surface area contributed by atoms with Gasteiger partial charge in [-0.2, -0.15) is 5.10 Å². The quantitative estimate of drug-likeness (QED) is 0.188. The molecule has 5 aromatic carbocycles. The average molecular weight is 511 g/mol. The van der Waals surface area contributed by atoms with Crippen molar-refractivity contribution in [2.24, 2.45) is 5.10 Å². The van der Waals surface area contributed by atoms with E-state index in [2.05, 4.69) is 28.7 Å². The van der Waals surface area contributed by atoms with Crippen molar-refractivity contribution in [2.45, 2.75) is 6.61 Å². The molecule has 0 atom stereocenters. The number of benzene rings is 5. The average Bonchev–Trinajstić information content (AvgIpc) is 2.91. The molecule has 0 bridgehead atoms. The first kappa shape index (κ1) is 24.2. The summed E-state index contributed by atoms with van der Waals surface area (Å²) in [6, 6.07) is 28.2. The van der Waals surface area contributed by atoms with Crippen LogP contribution in [0.2, 0.25) is 5.02 Å². The van der Waals surface area contributed by atoms with Gasteiger partial charge in [-0.1, -0.05) is 78.3 Å². The lowest BCUT2D eigenvalue weighted by molar-refractivity contribution is 0.0952. The lowest BCUT2D eigenvalue weighted by Crippen LogP contribution is -2.17. The molecule has 0 saturated carbocycles. The zero-order valence-corrected chi connectivity index (χ0v) is 20.7. The molecule has 37 heavy (non-hydrogen) atoms. The number of carbonyl (C=O) groups is 1. The molecule has 0 aliphatic carbocycles. The third-order valence-electron chi connectivity index (χ3n) is 5.99. The van der Waals surface area contributed by atoms with Crippen LogP contribution in [0.4, 0.5) is 0 Å². The number of fused-ring (bicyclic) bond motifs is 2. The van der Waals surface area contributed by atoms with Gasteiger partial charge in [0.15, 0.2) is 11.5 Å². The second kappa shape index (κ2) is 10.6. The summed E-state index contributed by atoms with van der Waals surface area (Å²) in [6.45, 7) is 0.316. The number of phenolic OH excluding ortho intramolecular Hbond substituents is 1. The van der Waals surface area contributed by atoms with Gasteiger partial charge < -0.3 is 14.6 Å². The van der Waals surface area contributed by atoms with E-state index in [1.54, 1.807) is 24.3 Å². The number of halogens is 1. The highest BCUT2D eigenvalue weighted by molar-refractivity contribution is 6.32. The van der Waals surface area contributed by atoms with Gasteiger partial charge in [0.1, 0.15) is 12.4 Å². The van der Waals surface area contributed by atoms with Gasteiger partial charge in [-0.3, -0.25) is 4.79 Å². The third kappa shape index (κ3) is 5.20. The van der Waals surface area contributed by atoms with Crippen LogP contribution in [0.15, 0.2) is 96.1 Å². The van der Waals surface area contributed by atoms with E-state index in [1.165, 1.54) is 13.3 Å². The summed E-state index contributed by atoms with van der Waals surface area (Å²) >= 11 is 6.52. The van der Waals surface area contributed by atoms with E-state index in [9.17, 15) is 9.90 Å². The van der Waals surface area contributed by atoms with Gasteiger partial charge in [0, 0.05) is 0 Å². The summed E-state index contributed by atoms with van der Waals surface area (Å²) < 4.78 is 11.6. The number of aromatic hydroxyl groups is 1. The Balaban J connectivity index is 1.31. The van der Waals surface area contributed by atoms with Crippen molar-refractivity contribution in [3.8, 4) is 17.2 Å². The number of nitrogens with one attached hydrogen (secondary N) is 1. The fourth-order valence-corrected chi connectivity index (χ4v) is 4.43. The fraction of sp³-hybridized carbons (Fsp3) is 0.0667. The molecule has 0 fully saturated rings. The summed E-state index contributed by atoms with van der Waals surface area (Å²) in [5, 5.41) is 18.5. The number of carbonyl (C=O) groups excluding carboxylic acids is 1. The first-order chi connectivity index (χ1) is 18.0. The second-order valence-electron chi connectivity index (χ2n) is 8.38. The number of hydrogen-bond donors (Lipinski definition) is 2. The largest absolute Gasteiger partial charge is 0.507 e. The number of amides is 1. The van der Waals surface area contributed by atoms with E-state index in [-0.39, 0.29) is 11.3 Å². The van der Waals surface area contributed by atoms with Crippen LogP contribution in [0.25, 0.3) is 21.5 Å². The van der Waals surface area contributed by atoms with E-state index >= 15 is 0 Å². The zero-order chi connectivity index (χ0) is 25.8. The van der Waals surface area contributed by atoms with Crippen molar-refractivity contribution in [2.75, 3.05) is 7.11 Å². The third-order valence-corrected chi connectivity index (χ3v) is 6.27. The van der Waals surface area contributed by atoms with Crippen LogP contribution in [0.3, 0.4) is 0 Å². The standard InChI is InChI=1S/C30H23ClN2O4/c1-36-28-14-19(17-32-33-30(35)25-15-21-8-2-3-9-22(21)16-27(25)34)13-26(31)29(28)37-18-23-11-6-10-20-7-4-5-12-24(20)23/h2-17,34H,18H2,1H3,(H,33,35). The van der Waals surface area contributed by atoms with Crippen molar-refractivity contribution in [1.29, 1.82) is 0 Å². The Kier molecular flexibility index (Phi) is 6.92. The van der Waals surface area contributed by atoms with Crippen molar-refractivity contribution in [1.82, 2.24) is 5.43 Å². The number of hydrazone groups is 1. The van der Waals surface area contributed by atoms with Gasteiger partial charge in [-0.15, -0.1) is 0 Å². The topological polar surface area (TPSA) is 80.2 Å². The van der Waals surface area contributed by atoms with Crippen molar-refractivity contribution in [3.05, 3.63) is 113 Å². The van der Waals surface area contributed by atoms with Gasteiger partial charge in [0.05, 0.1) is 23.9 Å². The summed E-state index contributed by atoms with van der Waals surface area (Å²) in [5.41, 5.74) is 4.20. The maximum absolute atomic E-state index is 12.6. The molecule has 0 spiro atoms. The molecule has 1 amide bonds. The van der Waals surface area contributed by atoms with Crippen LogP contribution in [-0.2, 0) is 6.61 Å². The SMILES string of the molecule is COc1cc(C=NNC(=O)c2cc3ccccc3cc2O)cc(Cl)c1OCc1cccc2ccccc12. The molecular weight excluding hydrogens is 488 g/mol. The van der Waals surface area contributed by atoms with Crippen LogP contribution in [0, 0.1) is 0 Å². The molecule has 0 saturated heterocycles. The Morgan fingerprint density at radius 3 is 2.43 bits per heavy atom. The van der Waals surface area contributed by atoms with Crippen molar-refractivity contribution >= 4 is 45.3 Å². The number of rotatable bonds is 7. The van der Waals surface area contributed by atoms with E-state index in [4.69, 9.17) is 21.1 Å². The maximum atomic E-state index is 12.6. The summed E-state index contributed by atoms with van der Waals surface area (Å²) in [5.74, 6) is 0.198. The molecule has 0 aromatic heterocycles. The van der Waals surface area contributed by atoms with Crippen LogP contribution in [0.1, 0.15) is 21.5 Å². The number of hydrogen-bond acceptors (Lipinski definition) is 5. The molecule has 0 heterocycles. The second-order valence-corrected chi connectivity index (χ2v) is 8.78. The molecular formula is C30H23ClN2O4.